The second-order valence-corrected chi connectivity index (χ2v) is 7.86. The molecule has 0 saturated carbocycles. The fraction of sp³-hybridized carbons (Fsp3) is 0.300. The molecular formula is C20H22ClN5O3S. The number of benzene rings is 1. The number of nitrogens with one attached hydrogen (secondary N) is 1. The molecule has 0 aliphatic carbocycles. The van der Waals surface area contributed by atoms with Crippen LogP contribution in [-0.4, -0.2) is 51.7 Å². The first-order chi connectivity index (χ1) is 14.4. The van der Waals surface area contributed by atoms with Gasteiger partial charge in [0.05, 0.1) is 19.7 Å². The molecule has 0 aliphatic rings. The van der Waals surface area contributed by atoms with Crippen molar-refractivity contribution in [2.24, 2.45) is 7.05 Å². The van der Waals surface area contributed by atoms with E-state index in [0.717, 1.165) is 5.82 Å². The molecule has 30 heavy (non-hydrogen) atoms. The Kier molecular flexibility index (Phi) is 7.20. The zero-order valence-electron chi connectivity index (χ0n) is 16.9. The monoisotopic (exact) mass is 447 g/mol. The largest absolute Gasteiger partial charge is 0.462 e. The van der Waals surface area contributed by atoms with Crippen LogP contribution in [0.15, 0.2) is 36.0 Å². The van der Waals surface area contributed by atoms with Crippen LogP contribution in [0.5, 0.6) is 0 Å². The van der Waals surface area contributed by atoms with Crippen LogP contribution in [0.1, 0.15) is 23.1 Å². The van der Waals surface area contributed by atoms with Crippen molar-refractivity contribution in [3.8, 4) is 11.1 Å². The summed E-state index contributed by atoms with van der Waals surface area (Å²) in [4.78, 5) is 31.2. The number of esters is 1. The van der Waals surface area contributed by atoms with Crippen LogP contribution in [0.3, 0.4) is 0 Å². The highest BCUT2D eigenvalue weighted by atomic mass is 35.5. The van der Waals surface area contributed by atoms with Crippen LogP contribution in [-0.2, 0) is 23.1 Å². The van der Waals surface area contributed by atoms with Crippen LogP contribution >= 0.6 is 22.9 Å². The molecule has 3 rings (SSSR count). The Balaban J connectivity index is 1.79. The van der Waals surface area contributed by atoms with E-state index < -0.39 is 5.97 Å². The number of anilines is 1. The Morgan fingerprint density at radius 3 is 2.73 bits per heavy atom. The van der Waals surface area contributed by atoms with Gasteiger partial charge in [-0.2, -0.15) is 5.10 Å². The predicted octanol–water partition coefficient (Wildman–Crippen LogP) is 3.44. The second-order valence-electron chi connectivity index (χ2n) is 6.57. The van der Waals surface area contributed by atoms with Crippen molar-refractivity contribution in [2.45, 2.75) is 13.5 Å². The lowest BCUT2D eigenvalue weighted by atomic mass is 10.0. The smallest absolute Gasteiger partial charge is 0.341 e. The van der Waals surface area contributed by atoms with E-state index >= 15 is 0 Å². The third kappa shape index (κ3) is 5.05. The van der Waals surface area contributed by atoms with E-state index in [2.05, 4.69) is 15.4 Å². The molecular weight excluding hydrogens is 426 g/mol. The quantitative estimate of drug-likeness (QED) is 0.532. The number of thiophene rings is 1. The average molecular weight is 448 g/mol. The molecule has 10 heteroatoms. The molecule has 0 bridgehead atoms. The van der Waals surface area contributed by atoms with Crippen molar-refractivity contribution >= 4 is 39.8 Å². The summed E-state index contributed by atoms with van der Waals surface area (Å²) in [5.41, 5.74) is 1.64. The number of hydrogen-bond donors (Lipinski definition) is 1. The van der Waals surface area contributed by atoms with E-state index in [1.807, 2.05) is 30.1 Å². The summed E-state index contributed by atoms with van der Waals surface area (Å²) in [6.07, 6.45) is 1.47. The van der Waals surface area contributed by atoms with E-state index in [4.69, 9.17) is 16.3 Å². The first kappa shape index (κ1) is 21.9. The molecule has 1 N–H and O–H groups in total. The zero-order valence-corrected chi connectivity index (χ0v) is 18.5. The molecule has 0 atom stereocenters. The van der Waals surface area contributed by atoms with Crippen molar-refractivity contribution in [1.29, 1.82) is 0 Å². The first-order valence-electron chi connectivity index (χ1n) is 9.25. The lowest BCUT2D eigenvalue weighted by Crippen LogP contribution is -2.31. The van der Waals surface area contributed by atoms with Crippen molar-refractivity contribution in [3.05, 3.63) is 52.4 Å². The van der Waals surface area contributed by atoms with Crippen LogP contribution in [0.4, 0.5) is 5.00 Å². The van der Waals surface area contributed by atoms with Gasteiger partial charge in [-0.05, 0) is 20.0 Å². The van der Waals surface area contributed by atoms with Crippen LogP contribution in [0, 0.1) is 0 Å². The number of carbonyl (C=O) groups excluding carboxylic acids is 2. The number of aryl methyl sites for hydroxylation is 1. The predicted molar refractivity (Wildman–Crippen MR) is 117 cm³/mol. The summed E-state index contributed by atoms with van der Waals surface area (Å²) < 4.78 is 6.88. The maximum absolute atomic E-state index is 12.6. The number of amides is 1. The standard InChI is InChI=1S/C20H22ClN5O3S/c1-4-29-20(28)18-14(13-7-5-6-8-15(13)21)11-30-19(18)24-17(27)10-25(2)9-16-22-12-23-26(16)3/h5-8,11-12H,4,9-10H2,1-3H3,(H,24,27). The maximum atomic E-state index is 12.6. The molecule has 0 unspecified atom stereocenters. The Morgan fingerprint density at radius 1 is 1.30 bits per heavy atom. The van der Waals surface area contributed by atoms with Gasteiger partial charge < -0.3 is 10.1 Å². The molecule has 8 nitrogen and oxygen atoms in total. The summed E-state index contributed by atoms with van der Waals surface area (Å²) in [6.45, 7) is 2.54. The summed E-state index contributed by atoms with van der Waals surface area (Å²) in [7, 11) is 3.61. The summed E-state index contributed by atoms with van der Waals surface area (Å²) in [5, 5.41) is 9.60. The zero-order chi connectivity index (χ0) is 21.7. The number of aromatic nitrogens is 3. The van der Waals surface area contributed by atoms with Crippen molar-refractivity contribution in [2.75, 3.05) is 25.5 Å². The molecule has 3 aromatic rings. The third-order valence-corrected chi connectivity index (χ3v) is 5.54. The molecule has 2 heterocycles. The van der Waals surface area contributed by atoms with Gasteiger partial charge in [0, 0.05) is 28.6 Å². The summed E-state index contributed by atoms with van der Waals surface area (Å²) >= 11 is 7.58. The second kappa shape index (κ2) is 9.84. The SMILES string of the molecule is CCOC(=O)c1c(-c2ccccc2Cl)csc1NC(=O)CN(C)Cc1ncnn1C. The normalized spacial score (nSPS) is 11.0. The van der Waals surface area contributed by atoms with E-state index in [-0.39, 0.29) is 19.1 Å². The minimum Gasteiger partial charge on any atom is -0.462 e. The molecule has 0 aliphatic heterocycles. The minimum absolute atomic E-state index is 0.119. The fourth-order valence-electron chi connectivity index (χ4n) is 2.91. The van der Waals surface area contributed by atoms with Crippen LogP contribution < -0.4 is 5.32 Å². The fourth-order valence-corrected chi connectivity index (χ4v) is 4.11. The molecule has 1 aromatic carbocycles. The van der Waals surface area contributed by atoms with Crippen LogP contribution in [0.25, 0.3) is 11.1 Å². The van der Waals surface area contributed by atoms with Gasteiger partial charge in [-0.1, -0.05) is 29.8 Å². The van der Waals surface area contributed by atoms with Gasteiger partial charge in [0.15, 0.2) is 0 Å². The number of ether oxygens (including phenoxy) is 1. The highest BCUT2D eigenvalue weighted by molar-refractivity contribution is 7.15. The lowest BCUT2D eigenvalue weighted by Gasteiger charge is -2.15. The van der Waals surface area contributed by atoms with Crippen LogP contribution in [0.2, 0.25) is 5.02 Å². The number of hydrogen-bond acceptors (Lipinski definition) is 7. The van der Waals surface area contributed by atoms with Gasteiger partial charge in [-0.3, -0.25) is 14.4 Å². The van der Waals surface area contributed by atoms with Gasteiger partial charge >= 0.3 is 5.97 Å². The van der Waals surface area contributed by atoms with Gasteiger partial charge in [0.2, 0.25) is 5.91 Å². The van der Waals surface area contributed by atoms with Crippen molar-refractivity contribution in [1.82, 2.24) is 19.7 Å². The number of rotatable bonds is 8. The van der Waals surface area contributed by atoms with E-state index in [0.29, 0.717) is 33.3 Å². The average Bonchev–Trinajstić information content (AvgIpc) is 3.28. The van der Waals surface area contributed by atoms with Gasteiger partial charge in [-0.15, -0.1) is 11.3 Å². The number of nitrogens with zero attached hydrogens (tertiary/aromatic N) is 4. The van der Waals surface area contributed by atoms with Gasteiger partial charge in [0.25, 0.3) is 0 Å². The highest BCUT2D eigenvalue weighted by Crippen LogP contribution is 2.39. The summed E-state index contributed by atoms with van der Waals surface area (Å²) in [5.74, 6) is -0.0103. The summed E-state index contributed by atoms with van der Waals surface area (Å²) in [6, 6.07) is 7.24. The topological polar surface area (TPSA) is 89.3 Å². The first-order valence-corrected chi connectivity index (χ1v) is 10.5. The number of halogens is 1. The van der Waals surface area contributed by atoms with Crippen molar-refractivity contribution in [3.63, 3.8) is 0 Å². The Bertz CT molecular complexity index is 1050. The molecule has 2 aromatic heterocycles. The minimum atomic E-state index is -0.503. The maximum Gasteiger partial charge on any atom is 0.341 e. The molecule has 0 spiro atoms. The Morgan fingerprint density at radius 2 is 2.07 bits per heavy atom. The van der Waals surface area contributed by atoms with Gasteiger partial charge in [0.1, 0.15) is 22.7 Å². The molecule has 158 valence electrons. The number of carbonyl (C=O) groups is 2. The van der Waals surface area contributed by atoms with E-state index in [9.17, 15) is 9.59 Å². The van der Waals surface area contributed by atoms with Gasteiger partial charge in [-0.25, -0.2) is 9.78 Å². The molecule has 0 radical (unpaired) electrons. The Hall–Kier alpha value is -2.75. The number of likely N-dealkylation sites (N-methyl/N-ethyl adjacent to an activating group) is 1. The molecule has 0 saturated heterocycles. The lowest BCUT2D eigenvalue weighted by molar-refractivity contribution is -0.117. The van der Waals surface area contributed by atoms with E-state index in [1.54, 1.807) is 30.1 Å². The highest BCUT2D eigenvalue weighted by Gasteiger charge is 2.24. The third-order valence-electron chi connectivity index (χ3n) is 4.32. The van der Waals surface area contributed by atoms with E-state index in [1.165, 1.54) is 17.7 Å². The molecule has 0 fully saturated rings. The van der Waals surface area contributed by atoms with Crippen molar-refractivity contribution < 1.29 is 14.3 Å². The molecule has 1 amide bonds. The Labute approximate surface area is 183 Å².